The highest BCUT2D eigenvalue weighted by atomic mass is 16.3. The fourth-order valence-electron chi connectivity index (χ4n) is 9.92. The Balaban J connectivity index is 0.897. The van der Waals surface area contributed by atoms with E-state index in [-0.39, 0.29) is 0 Å². The predicted octanol–water partition coefficient (Wildman–Crippen LogP) is 16.6. The van der Waals surface area contributed by atoms with Crippen molar-refractivity contribution in [2.45, 2.75) is 0 Å². The Bertz CT molecular complexity index is 3820. The van der Waals surface area contributed by atoms with Gasteiger partial charge in [0, 0.05) is 60.8 Å². The van der Waals surface area contributed by atoms with E-state index in [2.05, 4.69) is 238 Å². The summed E-state index contributed by atoms with van der Waals surface area (Å²) < 4.78 is 11.0. The molecular weight excluding hydrogens is 779 g/mol. The smallest absolute Gasteiger partial charge is 0.136 e. The van der Waals surface area contributed by atoms with Crippen molar-refractivity contribution in [2.75, 3.05) is 4.90 Å². The largest absolute Gasteiger partial charge is 0.456 e. The Kier molecular flexibility index (Phi) is 8.18. The van der Waals surface area contributed by atoms with Crippen LogP contribution in [-0.4, -0.2) is 9.13 Å². The Morgan fingerprint density at radius 1 is 0.266 bits per heavy atom. The summed E-state index contributed by atoms with van der Waals surface area (Å²) in [5.41, 5.74) is 16.7. The van der Waals surface area contributed by atoms with E-state index in [1.807, 2.05) is 12.1 Å². The van der Waals surface area contributed by atoms with E-state index in [0.717, 1.165) is 61.5 Å². The lowest BCUT2D eigenvalue weighted by molar-refractivity contribution is 0.669. The van der Waals surface area contributed by atoms with Gasteiger partial charge in [0.25, 0.3) is 0 Å². The molecule has 4 nitrogen and oxygen atoms in total. The van der Waals surface area contributed by atoms with Gasteiger partial charge in [0.2, 0.25) is 0 Å². The average Bonchev–Trinajstić information content (AvgIpc) is 4.02. The van der Waals surface area contributed by atoms with Crippen molar-refractivity contribution < 1.29 is 4.42 Å². The van der Waals surface area contributed by atoms with Crippen LogP contribution in [0.25, 0.3) is 99.2 Å². The van der Waals surface area contributed by atoms with Crippen molar-refractivity contribution in [3.05, 3.63) is 237 Å². The second kappa shape index (κ2) is 14.5. The minimum absolute atomic E-state index is 0.897. The third-order valence-electron chi connectivity index (χ3n) is 12.9. The normalized spacial score (nSPS) is 11.8. The van der Waals surface area contributed by atoms with Gasteiger partial charge in [0.15, 0.2) is 0 Å². The summed E-state index contributed by atoms with van der Waals surface area (Å²) in [6.45, 7) is 0. The van der Waals surface area contributed by atoms with Gasteiger partial charge < -0.3 is 18.5 Å². The molecule has 0 fully saturated rings. The highest BCUT2D eigenvalue weighted by Crippen LogP contribution is 2.41. The van der Waals surface area contributed by atoms with Crippen LogP contribution in [0.15, 0.2) is 241 Å². The first-order valence-electron chi connectivity index (χ1n) is 21.8. The molecule has 64 heavy (non-hydrogen) atoms. The van der Waals surface area contributed by atoms with Crippen LogP contribution < -0.4 is 4.90 Å². The van der Waals surface area contributed by atoms with Crippen molar-refractivity contribution in [1.82, 2.24) is 9.13 Å². The quantitative estimate of drug-likeness (QED) is 0.160. The van der Waals surface area contributed by atoms with Crippen LogP contribution in [0.1, 0.15) is 0 Å². The topological polar surface area (TPSA) is 26.2 Å². The number of aromatic nitrogens is 2. The molecule has 0 atom stereocenters. The zero-order chi connectivity index (χ0) is 42.1. The van der Waals surface area contributed by atoms with Crippen molar-refractivity contribution in [1.29, 1.82) is 0 Å². The highest BCUT2D eigenvalue weighted by Gasteiger charge is 2.18. The number of benzene rings is 10. The number of hydrogen-bond acceptors (Lipinski definition) is 2. The van der Waals surface area contributed by atoms with Gasteiger partial charge in [-0.3, -0.25) is 0 Å². The molecule has 3 heterocycles. The number of para-hydroxylation sites is 5. The number of furan rings is 1. The molecule has 0 saturated carbocycles. The lowest BCUT2D eigenvalue weighted by Crippen LogP contribution is -2.10. The first-order valence-corrected chi connectivity index (χ1v) is 21.8. The molecule has 0 saturated heterocycles. The maximum atomic E-state index is 6.27. The van der Waals surface area contributed by atoms with E-state index in [9.17, 15) is 0 Å². The molecule has 4 heteroatoms. The molecule has 0 aliphatic heterocycles. The number of anilines is 3. The molecule has 10 aromatic carbocycles. The molecule has 0 aliphatic rings. The van der Waals surface area contributed by atoms with E-state index < -0.39 is 0 Å². The molecule has 0 bridgehead atoms. The second-order valence-electron chi connectivity index (χ2n) is 16.5. The number of fused-ring (bicyclic) bond motifs is 9. The van der Waals surface area contributed by atoms with E-state index in [0.29, 0.717) is 0 Å². The summed E-state index contributed by atoms with van der Waals surface area (Å²) in [6, 6.07) is 85.2. The minimum atomic E-state index is 0.897. The van der Waals surface area contributed by atoms with Gasteiger partial charge in [-0.25, -0.2) is 0 Å². The van der Waals surface area contributed by atoms with Gasteiger partial charge in [-0.05, 0) is 131 Å². The maximum absolute atomic E-state index is 6.27. The van der Waals surface area contributed by atoms with Crippen LogP contribution in [0.4, 0.5) is 17.1 Å². The lowest BCUT2D eigenvalue weighted by Gasteiger charge is -2.26. The van der Waals surface area contributed by atoms with Crippen LogP contribution in [0.3, 0.4) is 0 Å². The van der Waals surface area contributed by atoms with Crippen LogP contribution in [0.2, 0.25) is 0 Å². The first-order chi connectivity index (χ1) is 31.7. The Labute approximate surface area is 369 Å². The Morgan fingerprint density at radius 3 is 1.27 bits per heavy atom. The van der Waals surface area contributed by atoms with Gasteiger partial charge in [-0.15, -0.1) is 0 Å². The van der Waals surface area contributed by atoms with Gasteiger partial charge in [0.05, 0.1) is 22.1 Å². The highest BCUT2D eigenvalue weighted by molar-refractivity contribution is 6.11. The summed E-state index contributed by atoms with van der Waals surface area (Å²) >= 11 is 0. The lowest BCUT2D eigenvalue weighted by atomic mass is 10.0. The van der Waals surface area contributed by atoms with E-state index in [4.69, 9.17) is 4.42 Å². The van der Waals surface area contributed by atoms with Crippen molar-refractivity contribution >= 4 is 82.6 Å². The molecule has 0 spiro atoms. The summed E-state index contributed by atoms with van der Waals surface area (Å²) in [5, 5.41) is 7.27. The summed E-state index contributed by atoms with van der Waals surface area (Å²) in [5.74, 6) is 0. The van der Waals surface area contributed by atoms with Crippen molar-refractivity contribution in [2.24, 2.45) is 0 Å². The average molecular weight is 818 g/mol. The van der Waals surface area contributed by atoms with Crippen LogP contribution in [0, 0.1) is 0 Å². The third-order valence-corrected chi connectivity index (χ3v) is 12.9. The molecule has 0 radical (unpaired) electrons. The number of nitrogens with zero attached hydrogens (tertiary/aromatic N) is 3. The first kappa shape index (κ1) is 36.1. The summed E-state index contributed by atoms with van der Waals surface area (Å²) in [6.07, 6.45) is 0. The van der Waals surface area contributed by atoms with E-state index in [1.165, 1.54) is 54.7 Å². The SMILES string of the molecule is c1ccc(-n2c3ccccc3c3cc(-c4ccc(N(c5ccc(-c6ccc7c(c6)oc6ccccc67)cc5)c5ccc(-n6c7ccccc7c7ccccc76)cc5)cc4)ccc32)cc1. The molecule has 13 aromatic rings. The molecule has 0 aliphatic carbocycles. The molecule has 0 N–H and O–H groups in total. The Morgan fingerprint density at radius 2 is 0.672 bits per heavy atom. The minimum Gasteiger partial charge on any atom is -0.456 e. The second-order valence-corrected chi connectivity index (χ2v) is 16.5. The molecule has 0 amide bonds. The van der Waals surface area contributed by atoms with Crippen LogP contribution >= 0.6 is 0 Å². The van der Waals surface area contributed by atoms with Gasteiger partial charge >= 0.3 is 0 Å². The number of rotatable bonds is 7. The summed E-state index contributed by atoms with van der Waals surface area (Å²) in [7, 11) is 0. The molecular formula is C60H39N3O. The van der Waals surface area contributed by atoms with E-state index >= 15 is 0 Å². The zero-order valence-electron chi connectivity index (χ0n) is 34.8. The van der Waals surface area contributed by atoms with E-state index in [1.54, 1.807) is 0 Å². The van der Waals surface area contributed by atoms with Crippen LogP contribution in [0.5, 0.6) is 0 Å². The summed E-state index contributed by atoms with van der Waals surface area (Å²) in [4.78, 5) is 2.35. The Hall–Kier alpha value is -8.60. The standard InChI is InChI=1S/C60H39N3O/c1-2-12-44(13-3-1)62-57-20-10-6-16-51(57)54-38-42(27-37-58(54)62)40-22-28-45(29-23-40)61(46-30-24-41(25-31-46)43-26-36-53-52-17-7-11-21-59(52)64-60(53)39-43)47-32-34-48(35-33-47)63-55-18-8-4-14-49(55)50-15-5-9-19-56(50)63/h1-39H. The molecule has 13 rings (SSSR count). The van der Waals surface area contributed by atoms with Crippen LogP contribution in [-0.2, 0) is 0 Å². The molecule has 300 valence electrons. The zero-order valence-corrected chi connectivity index (χ0v) is 34.8. The predicted molar refractivity (Wildman–Crippen MR) is 268 cm³/mol. The fraction of sp³-hybridized carbons (Fsp3) is 0. The maximum Gasteiger partial charge on any atom is 0.136 e. The number of hydrogen-bond donors (Lipinski definition) is 0. The third kappa shape index (κ3) is 5.77. The van der Waals surface area contributed by atoms with Gasteiger partial charge in [-0.1, -0.05) is 127 Å². The monoisotopic (exact) mass is 817 g/mol. The van der Waals surface area contributed by atoms with Crippen molar-refractivity contribution in [3.63, 3.8) is 0 Å². The van der Waals surface area contributed by atoms with Gasteiger partial charge in [-0.2, -0.15) is 0 Å². The van der Waals surface area contributed by atoms with Gasteiger partial charge in [0.1, 0.15) is 11.2 Å². The fourth-order valence-corrected chi connectivity index (χ4v) is 9.92. The molecule has 3 aromatic heterocycles. The van der Waals surface area contributed by atoms with Crippen molar-refractivity contribution in [3.8, 4) is 33.6 Å². The molecule has 0 unspecified atom stereocenters.